The number of para-hydroxylation sites is 1. The molecule has 15 rings (SSSR count). The van der Waals surface area contributed by atoms with Crippen molar-refractivity contribution in [3.8, 4) is 89.8 Å². The van der Waals surface area contributed by atoms with Gasteiger partial charge < -0.3 is 9.13 Å². The third kappa shape index (κ3) is 6.26. The Hall–Kier alpha value is -9.64. The average Bonchev–Trinajstić information content (AvgIpc) is 4.09. The Morgan fingerprint density at radius 2 is 0.653 bits per heavy atom. The van der Waals surface area contributed by atoms with Crippen LogP contribution in [0.2, 0.25) is 0 Å². The molecule has 0 atom stereocenters. The van der Waals surface area contributed by atoms with Gasteiger partial charge in [0.05, 0.1) is 33.5 Å². The molecule has 0 fully saturated rings. The summed E-state index contributed by atoms with van der Waals surface area (Å²) in [5, 5.41) is 7.32. The molecule has 0 saturated carbocycles. The first kappa shape index (κ1) is 40.3. The van der Waals surface area contributed by atoms with Crippen LogP contribution in [0.3, 0.4) is 0 Å². The van der Waals surface area contributed by atoms with Crippen LogP contribution >= 0.6 is 0 Å². The molecule has 0 saturated heterocycles. The zero-order valence-corrected chi connectivity index (χ0v) is 39.0. The molecule has 0 aliphatic heterocycles. The van der Waals surface area contributed by atoms with Gasteiger partial charge in [0, 0.05) is 55.2 Å². The predicted molar refractivity (Wildman–Crippen MR) is 300 cm³/mol. The lowest BCUT2D eigenvalue weighted by molar-refractivity contribution is 1.17. The molecule has 14 aromatic rings. The Balaban J connectivity index is 0.884. The number of benzene rings is 11. The lowest BCUT2D eigenvalue weighted by Gasteiger charge is -2.13. The Morgan fingerprint density at radius 3 is 1.14 bits per heavy atom. The number of aromatic nitrogens is 4. The topological polar surface area (TPSA) is 35.6 Å². The SMILES string of the molecule is c1ccc(-c2ccc3c(c2)c2cc(-c4ccc5c(c4)c4cc(-c6ccccc6)ccc4n5-c4ccc(-c5nc(-c6ccccc6)c6c(n5)-c5cccc7cccc-6c57)cc4)ccc2n3-c2ccccc2)cc1. The molecule has 4 heteroatoms. The Bertz CT molecular complexity index is 4450. The molecular formula is C68H42N4. The summed E-state index contributed by atoms with van der Waals surface area (Å²) < 4.78 is 4.81. The van der Waals surface area contributed by atoms with Crippen molar-refractivity contribution < 1.29 is 0 Å². The van der Waals surface area contributed by atoms with Gasteiger partial charge in [-0.25, -0.2) is 9.97 Å². The van der Waals surface area contributed by atoms with E-state index in [1.165, 1.54) is 82.3 Å². The van der Waals surface area contributed by atoms with E-state index in [0.29, 0.717) is 5.82 Å². The minimum atomic E-state index is 0.712. The molecule has 72 heavy (non-hydrogen) atoms. The summed E-state index contributed by atoms with van der Waals surface area (Å²) in [6, 6.07) is 92.3. The van der Waals surface area contributed by atoms with Crippen LogP contribution in [0.15, 0.2) is 255 Å². The highest BCUT2D eigenvalue weighted by molar-refractivity contribution is 6.17. The fraction of sp³-hybridized carbons (Fsp3) is 0. The zero-order chi connectivity index (χ0) is 47.3. The van der Waals surface area contributed by atoms with E-state index in [2.05, 4.69) is 264 Å². The van der Waals surface area contributed by atoms with Crippen LogP contribution in [0.4, 0.5) is 0 Å². The van der Waals surface area contributed by atoms with Gasteiger partial charge in [-0.1, -0.05) is 170 Å². The van der Waals surface area contributed by atoms with E-state index >= 15 is 0 Å². The molecule has 3 aromatic heterocycles. The molecule has 0 radical (unpaired) electrons. The summed E-state index contributed by atoms with van der Waals surface area (Å²) in [6.45, 7) is 0. The fourth-order valence-electron chi connectivity index (χ4n) is 11.5. The minimum absolute atomic E-state index is 0.712. The van der Waals surface area contributed by atoms with Gasteiger partial charge in [-0.15, -0.1) is 0 Å². The Labute approximate surface area is 416 Å². The average molecular weight is 915 g/mol. The second-order valence-corrected chi connectivity index (χ2v) is 18.9. The molecule has 0 bridgehead atoms. The van der Waals surface area contributed by atoms with E-state index in [4.69, 9.17) is 9.97 Å². The summed E-state index contributed by atoms with van der Waals surface area (Å²) in [5.41, 5.74) is 21.5. The van der Waals surface area contributed by atoms with Crippen molar-refractivity contribution in [1.82, 2.24) is 19.1 Å². The van der Waals surface area contributed by atoms with Crippen molar-refractivity contribution >= 4 is 54.4 Å². The van der Waals surface area contributed by atoms with Crippen molar-refractivity contribution in [3.63, 3.8) is 0 Å². The van der Waals surface area contributed by atoms with Crippen LogP contribution in [-0.2, 0) is 0 Å². The van der Waals surface area contributed by atoms with Gasteiger partial charge in [0.15, 0.2) is 5.82 Å². The zero-order valence-electron chi connectivity index (χ0n) is 39.0. The molecule has 11 aromatic carbocycles. The maximum Gasteiger partial charge on any atom is 0.160 e. The van der Waals surface area contributed by atoms with E-state index in [0.717, 1.165) is 56.0 Å². The Kier molecular flexibility index (Phi) is 8.92. The molecule has 0 unspecified atom stereocenters. The van der Waals surface area contributed by atoms with Crippen LogP contribution in [0, 0.1) is 0 Å². The standard InChI is InChI=1S/C68H42N4/c1-5-15-43(16-6-1)48-29-35-60-56(39-48)58-41-50(31-37-61(58)71(60)52-23-11-4-12-24-52)51-32-38-63-59(42-51)57-40-49(44-17-7-2-8-18-44)30-36-62(57)72(63)53-33-27-47(28-34-53)68-69-66(46-19-9-3-10-20-46)65-54-25-13-21-45-22-14-26-55(64(45)54)67(65)70-68/h1-42H. The molecular weight excluding hydrogens is 873 g/mol. The second kappa shape index (κ2) is 16.0. The fourth-order valence-corrected chi connectivity index (χ4v) is 11.5. The van der Waals surface area contributed by atoms with E-state index in [1.54, 1.807) is 0 Å². The summed E-state index contributed by atoms with van der Waals surface area (Å²) in [6.07, 6.45) is 0. The molecule has 334 valence electrons. The third-order valence-electron chi connectivity index (χ3n) is 14.9. The largest absolute Gasteiger partial charge is 0.309 e. The first-order valence-corrected chi connectivity index (χ1v) is 24.6. The molecule has 3 heterocycles. The van der Waals surface area contributed by atoms with Gasteiger partial charge in [-0.3, -0.25) is 0 Å². The van der Waals surface area contributed by atoms with Gasteiger partial charge in [0.1, 0.15) is 0 Å². The highest BCUT2D eigenvalue weighted by atomic mass is 15.0. The summed E-state index contributed by atoms with van der Waals surface area (Å²) in [4.78, 5) is 10.7. The van der Waals surface area contributed by atoms with E-state index in [-0.39, 0.29) is 0 Å². The number of nitrogens with zero attached hydrogens (tertiary/aromatic N) is 4. The molecule has 0 spiro atoms. The lowest BCUT2D eigenvalue weighted by atomic mass is 9.98. The molecule has 4 nitrogen and oxygen atoms in total. The molecule has 1 aliphatic rings. The minimum Gasteiger partial charge on any atom is -0.309 e. The van der Waals surface area contributed by atoms with E-state index in [1.807, 2.05) is 0 Å². The van der Waals surface area contributed by atoms with Crippen LogP contribution in [-0.4, -0.2) is 19.1 Å². The van der Waals surface area contributed by atoms with Gasteiger partial charge in [0.25, 0.3) is 0 Å². The van der Waals surface area contributed by atoms with Crippen molar-refractivity contribution in [2.75, 3.05) is 0 Å². The van der Waals surface area contributed by atoms with Crippen LogP contribution in [0.25, 0.3) is 144 Å². The molecule has 1 aliphatic carbocycles. The maximum atomic E-state index is 5.38. The summed E-state index contributed by atoms with van der Waals surface area (Å²) >= 11 is 0. The Morgan fingerprint density at radius 1 is 0.264 bits per heavy atom. The summed E-state index contributed by atoms with van der Waals surface area (Å²) in [7, 11) is 0. The summed E-state index contributed by atoms with van der Waals surface area (Å²) in [5.74, 6) is 0.712. The van der Waals surface area contributed by atoms with Crippen LogP contribution < -0.4 is 0 Å². The van der Waals surface area contributed by atoms with E-state index < -0.39 is 0 Å². The van der Waals surface area contributed by atoms with Gasteiger partial charge in [0.2, 0.25) is 0 Å². The quantitative estimate of drug-likeness (QED) is 0.160. The highest BCUT2D eigenvalue weighted by Gasteiger charge is 2.28. The number of fused-ring (bicyclic) bond motifs is 9. The van der Waals surface area contributed by atoms with Gasteiger partial charge in [-0.2, -0.15) is 0 Å². The highest BCUT2D eigenvalue weighted by Crippen LogP contribution is 2.50. The van der Waals surface area contributed by atoms with Gasteiger partial charge >= 0.3 is 0 Å². The maximum absolute atomic E-state index is 5.38. The van der Waals surface area contributed by atoms with Gasteiger partial charge in [-0.05, 0) is 135 Å². The molecule has 0 amide bonds. The van der Waals surface area contributed by atoms with Crippen molar-refractivity contribution in [1.29, 1.82) is 0 Å². The first-order valence-electron chi connectivity index (χ1n) is 24.6. The lowest BCUT2D eigenvalue weighted by Crippen LogP contribution is -1.98. The number of rotatable bonds is 7. The van der Waals surface area contributed by atoms with Crippen LogP contribution in [0.5, 0.6) is 0 Å². The number of hydrogen-bond donors (Lipinski definition) is 0. The smallest absolute Gasteiger partial charge is 0.160 e. The van der Waals surface area contributed by atoms with E-state index in [9.17, 15) is 0 Å². The monoisotopic (exact) mass is 914 g/mol. The first-order chi connectivity index (χ1) is 35.7. The van der Waals surface area contributed by atoms with Crippen LogP contribution in [0.1, 0.15) is 0 Å². The third-order valence-corrected chi connectivity index (χ3v) is 14.9. The normalized spacial score (nSPS) is 11.9. The number of hydrogen-bond acceptors (Lipinski definition) is 2. The van der Waals surface area contributed by atoms with Crippen molar-refractivity contribution in [2.45, 2.75) is 0 Å². The molecule has 0 N–H and O–H groups in total. The second-order valence-electron chi connectivity index (χ2n) is 18.9. The predicted octanol–water partition coefficient (Wildman–Crippen LogP) is 17.8. The van der Waals surface area contributed by atoms with Crippen molar-refractivity contribution in [2.24, 2.45) is 0 Å². The van der Waals surface area contributed by atoms with Crippen molar-refractivity contribution in [3.05, 3.63) is 255 Å².